The molecule has 0 bridgehead atoms. The summed E-state index contributed by atoms with van der Waals surface area (Å²) in [6.07, 6.45) is 0.0332. The van der Waals surface area contributed by atoms with Crippen LogP contribution in [0, 0.1) is 0 Å². The van der Waals surface area contributed by atoms with E-state index in [-0.39, 0.29) is 30.6 Å². The second-order valence-electron chi connectivity index (χ2n) is 11.5. The molecule has 2 amide bonds. The second-order valence-corrected chi connectivity index (χ2v) is 11.5. The smallest absolute Gasteiger partial charge is 0.410 e. The molecule has 9 nitrogen and oxygen atoms in total. The Balaban J connectivity index is 1.41. The number of carbonyl (C=O) groups is 2. The molecule has 2 aliphatic rings. The molecule has 0 saturated carbocycles. The minimum Gasteiger partial charge on any atom is -0.444 e. The van der Waals surface area contributed by atoms with Crippen LogP contribution in [0.5, 0.6) is 0 Å². The van der Waals surface area contributed by atoms with Gasteiger partial charge in [0.1, 0.15) is 11.7 Å². The van der Waals surface area contributed by atoms with Gasteiger partial charge in [-0.2, -0.15) is 5.10 Å². The van der Waals surface area contributed by atoms with E-state index in [2.05, 4.69) is 5.10 Å². The largest absolute Gasteiger partial charge is 0.444 e. The van der Waals surface area contributed by atoms with Gasteiger partial charge in [0, 0.05) is 0 Å². The number of rotatable bonds is 7. The first-order chi connectivity index (χ1) is 19.1. The Morgan fingerprint density at radius 1 is 0.950 bits per heavy atom. The van der Waals surface area contributed by atoms with Crippen LogP contribution in [0.3, 0.4) is 0 Å². The van der Waals surface area contributed by atoms with Gasteiger partial charge in [0.2, 0.25) is 0 Å². The highest BCUT2D eigenvalue weighted by atomic mass is 16.6. The highest BCUT2D eigenvalue weighted by molar-refractivity contribution is 6.01. The van der Waals surface area contributed by atoms with E-state index in [4.69, 9.17) is 14.2 Å². The quantitative estimate of drug-likeness (QED) is 0.418. The molecule has 0 aliphatic carbocycles. The lowest BCUT2D eigenvalue weighted by Gasteiger charge is -2.36. The average Bonchev–Trinajstić information content (AvgIpc) is 3.42. The van der Waals surface area contributed by atoms with E-state index in [9.17, 15) is 9.59 Å². The molecule has 5 rings (SSSR count). The van der Waals surface area contributed by atoms with Crippen molar-refractivity contribution < 1.29 is 23.8 Å². The summed E-state index contributed by atoms with van der Waals surface area (Å²) in [6, 6.07) is 19.3. The molecule has 2 aromatic carbocycles. The molecule has 3 aromatic rings. The first-order valence-electron chi connectivity index (χ1n) is 13.8. The third kappa shape index (κ3) is 5.90. The molecule has 1 aromatic heterocycles. The Kier molecular flexibility index (Phi) is 7.96. The molecule has 0 spiro atoms. The summed E-state index contributed by atoms with van der Waals surface area (Å²) >= 11 is 0. The van der Waals surface area contributed by atoms with Gasteiger partial charge in [-0.05, 0) is 45.7 Å². The summed E-state index contributed by atoms with van der Waals surface area (Å²) in [6.45, 7) is 10.9. The molecule has 3 heterocycles. The molecule has 0 radical (unpaired) electrons. The van der Waals surface area contributed by atoms with Gasteiger partial charge < -0.3 is 19.1 Å². The average molecular weight is 547 g/mol. The number of ether oxygens (including phenoxy) is 3. The van der Waals surface area contributed by atoms with Crippen molar-refractivity contribution in [3.8, 4) is 0 Å². The molecular formula is C31H38N4O5. The second kappa shape index (κ2) is 11.4. The summed E-state index contributed by atoms with van der Waals surface area (Å²) in [5.74, 6) is -0.181. The van der Waals surface area contributed by atoms with Crippen LogP contribution < -0.4 is 4.90 Å². The molecule has 1 fully saturated rings. The third-order valence-electron chi connectivity index (χ3n) is 7.32. The summed E-state index contributed by atoms with van der Waals surface area (Å²) in [4.78, 5) is 30.4. The molecule has 2 aliphatic heterocycles. The van der Waals surface area contributed by atoms with E-state index in [1.54, 1.807) is 16.0 Å². The van der Waals surface area contributed by atoms with Gasteiger partial charge >= 0.3 is 6.09 Å². The molecule has 1 saturated heterocycles. The van der Waals surface area contributed by atoms with Crippen LogP contribution in [0.1, 0.15) is 51.4 Å². The predicted molar refractivity (Wildman–Crippen MR) is 150 cm³/mol. The van der Waals surface area contributed by atoms with E-state index in [1.165, 1.54) is 0 Å². The van der Waals surface area contributed by atoms with E-state index in [0.717, 1.165) is 16.8 Å². The van der Waals surface area contributed by atoms with Crippen molar-refractivity contribution in [2.75, 3.05) is 4.90 Å². The van der Waals surface area contributed by atoms with Crippen molar-refractivity contribution in [3.05, 3.63) is 83.7 Å². The van der Waals surface area contributed by atoms with Gasteiger partial charge in [0.25, 0.3) is 5.91 Å². The summed E-state index contributed by atoms with van der Waals surface area (Å²) in [7, 11) is 0. The fourth-order valence-electron chi connectivity index (χ4n) is 5.29. The maximum absolute atomic E-state index is 14.0. The predicted octanol–water partition coefficient (Wildman–Crippen LogP) is 4.93. The van der Waals surface area contributed by atoms with Crippen molar-refractivity contribution in [2.45, 2.75) is 90.8 Å². The summed E-state index contributed by atoms with van der Waals surface area (Å²) in [5, 5.41) is 4.59. The van der Waals surface area contributed by atoms with Crippen molar-refractivity contribution in [1.82, 2.24) is 14.7 Å². The van der Waals surface area contributed by atoms with E-state index in [1.807, 2.05) is 100.0 Å². The summed E-state index contributed by atoms with van der Waals surface area (Å²) in [5.41, 5.74) is 2.84. The van der Waals surface area contributed by atoms with Crippen LogP contribution in [-0.4, -0.2) is 56.6 Å². The van der Waals surface area contributed by atoms with Gasteiger partial charge in [-0.15, -0.1) is 0 Å². The number of carbonyl (C=O) groups excluding carboxylic acids is 2. The summed E-state index contributed by atoms with van der Waals surface area (Å²) < 4.78 is 20.2. The van der Waals surface area contributed by atoms with Crippen LogP contribution in [0.4, 0.5) is 10.5 Å². The normalized spacial score (nSPS) is 22.9. The molecule has 0 N–H and O–H groups in total. The number of anilines is 1. The lowest BCUT2D eigenvalue weighted by Crippen LogP contribution is -2.47. The Hall–Kier alpha value is -3.69. The Morgan fingerprint density at radius 3 is 2.15 bits per heavy atom. The van der Waals surface area contributed by atoms with Crippen LogP contribution in [-0.2, 0) is 45.3 Å². The number of nitrogens with zero attached hydrogens (tertiary/aromatic N) is 4. The van der Waals surface area contributed by atoms with E-state index >= 15 is 0 Å². The Labute approximate surface area is 235 Å². The third-order valence-corrected chi connectivity index (χ3v) is 7.32. The van der Waals surface area contributed by atoms with E-state index < -0.39 is 17.8 Å². The maximum atomic E-state index is 14.0. The van der Waals surface area contributed by atoms with Crippen molar-refractivity contribution in [1.29, 1.82) is 0 Å². The minimum atomic E-state index is -0.793. The number of hydrogen-bond donors (Lipinski definition) is 0. The molecule has 4 atom stereocenters. The van der Waals surface area contributed by atoms with Crippen molar-refractivity contribution in [2.24, 2.45) is 0 Å². The van der Waals surface area contributed by atoms with Crippen LogP contribution in [0.15, 0.2) is 66.9 Å². The molecular weight excluding hydrogens is 508 g/mol. The van der Waals surface area contributed by atoms with Gasteiger partial charge in [0.05, 0.1) is 56.0 Å². The highest BCUT2D eigenvalue weighted by Crippen LogP contribution is 2.36. The molecule has 0 unspecified atom stereocenters. The monoisotopic (exact) mass is 546 g/mol. The zero-order chi connectivity index (χ0) is 28.4. The fraction of sp³-hybridized carbons (Fsp3) is 0.452. The SMILES string of the molecule is C[C@@H]1[C@@H](OCc2ccccc2)[C@H](OCc2ccccc2)C(=O)N1c1cnn2c1CN(C(=O)OC(C)(C)C)[C@@H](C)C2. The first kappa shape index (κ1) is 27.9. The standard InChI is InChI=1S/C31H38N4O5/c1-21-17-34-26(18-33(21)30(37)40-31(3,4)5)25(16-32-34)35-22(2)27(38-19-23-12-8-6-9-13-23)28(29(35)36)39-20-24-14-10-7-11-15-24/h6-16,21-22,27-28H,17-20H2,1-5H3/t21-,22+,27+,28-/m0/s1. The van der Waals surface area contributed by atoms with E-state index in [0.29, 0.717) is 25.4 Å². The molecule has 212 valence electrons. The minimum absolute atomic E-state index is 0.106. The zero-order valence-corrected chi connectivity index (χ0v) is 23.8. The number of hydrogen-bond acceptors (Lipinski definition) is 6. The maximum Gasteiger partial charge on any atom is 0.410 e. The van der Waals surface area contributed by atoms with Crippen LogP contribution >= 0.6 is 0 Å². The van der Waals surface area contributed by atoms with Crippen molar-refractivity contribution >= 4 is 17.7 Å². The van der Waals surface area contributed by atoms with Gasteiger partial charge in [-0.25, -0.2) is 4.79 Å². The topological polar surface area (TPSA) is 86.1 Å². The Bertz CT molecular complexity index is 1320. The van der Waals surface area contributed by atoms with Crippen LogP contribution in [0.2, 0.25) is 0 Å². The molecule has 9 heteroatoms. The number of fused-ring (bicyclic) bond motifs is 1. The lowest BCUT2D eigenvalue weighted by molar-refractivity contribution is -0.136. The van der Waals surface area contributed by atoms with Gasteiger partial charge in [-0.3, -0.25) is 14.4 Å². The van der Waals surface area contributed by atoms with Gasteiger partial charge in [-0.1, -0.05) is 60.7 Å². The molecule has 40 heavy (non-hydrogen) atoms. The number of aromatic nitrogens is 2. The van der Waals surface area contributed by atoms with Crippen LogP contribution in [0.25, 0.3) is 0 Å². The van der Waals surface area contributed by atoms with Crippen molar-refractivity contribution in [3.63, 3.8) is 0 Å². The Morgan fingerprint density at radius 2 is 1.55 bits per heavy atom. The fourth-order valence-corrected chi connectivity index (χ4v) is 5.29. The lowest BCUT2D eigenvalue weighted by atomic mass is 10.1. The number of benzene rings is 2. The van der Waals surface area contributed by atoms with Gasteiger partial charge in [0.15, 0.2) is 6.10 Å². The highest BCUT2D eigenvalue weighted by Gasteiger charge is 2.50. The first-order valence-corrected chi connectivity index (χ1v) is 13.8. The zero-order valence-electron chi connectivity index (χ0n) is 23.8. The number of amides is 2.